The van der Waals surface area contributed by atoms with Crippen molar-refractivity contribution < 1.29 is 4.39 Å². The molecule has 8 heteroatoms. The number of H-pyrrole nitrogens is 1. The Morgan fingerprint density at radius 1 is 1.09 bits per heavy atom. The molecular formula is C26H20ClFN4OS. The van der Waals surface area contributed by atoms with Crippen molar-refractivity contribution >= 4 is 45.5 Å². The highest BCUT2D eigenvalue weighted by atomic mass is 35.5. The van der Waals surface area contributed by atoms with Gasteiger partial charge in [-0.25, -0.2) is 9.40 Å². The second-order valence-corrected chi connectivity index (χ2v) is 8.77. The zero-order valence-corrected chi connectivity index (χ0v) is 19.8. The third-order valence-corrected chi connectivity index (χ3v) is 6.58. The van der Waals surface area contributed by atoms with Crippen LogP contribution < -0.4 is 10.9 Å². The Morgan fingerprint density at radius 2 is 1.79 bits per heavy atom. The molecule has 0 fully saturated rings. The van der Waals surface area contributed by atoms with E-state index in [0.717, 1.165) is 16.5 Å². The molecule has 4 aromatic rings. The van der Waals surface area contributed by atoms with Gasteiger partial charge in [0.1, 0.15) is 5.82 Å². The van der Waals surface area contributed by atoms with E-state index in [4.69, 9.17) is 28.9 Å². The molecule has 1 atom stereocenters. The number of hydrogen-bond donors (Lipinski definition) is 2. The minimum absolute atomic E-state index is 0.271. The van der Waals surface area contributed by atoms with Crippen molar-refractivity contribution in [1.82, 2.24) is 15.3 Å². The molecule has 0 radical (unpaired) electrons. The quantitative estimate of drug-likeness (QED) is 0.365. The summed E-state index contributed by atoms with van der Waals surface area (Å²) in [6.07, 6.45) is 0.310. The number of hydrazone groups is 1. The van der Waals surface area contributed by atoms with Crippen molar-refractivity contribution in [2.24, 2.45) is 5.10 Å². The topological polar surface area (TPSA) is 60.5 Å². The highest BCUT2D eigenvalue weighted by Crippen LogP contribution is 2.37. The molecule has 34 heavy (non-hydrogen) atoms. The Labute approximate surface area is 205 Å². The largest absolute Gasteiger partial charge is 0.364 e. The van der Waals surface area contributed by atoms with E-state index in [2.05, 4.69) is 10.3 Å². The lowest BCUT2D eigenvalue weighted by molar-refractivity contribution is 0.356. The van der Waals surface area contributed by atoms with Gasteiger partial charge >= 0.3 is 0 Å². The highest BCUT2D eigenvalue weighted by Gasteiger charge is 2.35. The third kappa shape index (κ3) is 3.87. The van der Waals surface area contributed by atoms with Crippen LogP contribution in [0.25, 0.3) is 22.0 Å². The maximum atomic E-state index is 14.8. The van der Waals surface area contributed by atoms with Crippen LogP contribution in [-0.4, -0.2) is 27.9 Å². The summed E-state index contributed by atoms with van der Waals surface area (Å²) in [4.78, 5) is 16.4. The molecule has 0 amide bonds. The summed E-state index contributed by atoms with van der Waals surface area (Å²) in [6, 6.07) is 21.0. The van der Waals surface area contributed by atoms with Gasteiger partial charge in [-0.15, -0.1) is 0 Å². The average molecular weight is 491 g/mol. The van der Waals surface area contributed by atoms with Crippen LogP contribution in [0.1, 0.15) is 23.6 Å². The van der Waals surface area contributed by atoms with E-state index in [1.807, 2.05) is 36.4 Å². The summed E-state index contributed by atoms with van der Waals surface area (Å²) in [6.45, 7) is 0. The van der Waals surface area contributed by atoms with Crippen LogP contribution in [0.4, 0.5) is 4.39 Å². The summed E-state index contributed by atoms with van der Waals surface area (Å²) in [5.41, 5.74) is 3.46. The molecule has 0 bridgehead atoms. The van der Waals surface area contributed by atoms with E-state index in [-0.39, 0.29) is 11.4 Å². The predicted octanol–water partition coefficient (Wildman–Crippen LogP) is 5.64. The highest BCUT2D eigenvalue weighted by molar-refractivity contribution is 7.80. The number of fused-ring (bicyclic) bond motifs is 1. The Balaban J connectivity index is 1.74. The summed E-state index contributed by atoms with van der Waals surface area (Å²) in [7, 11) is 1.69. The van der Waals surface area contributed by atoms with Gasteiger partial charge in [0.25, 0.3) is 5.56 Å². The number of para-hydroxylation sites is 1. The number of nitrogens with zero attached hydrogens (tertiary/aromatic N) is 2. The summed E-state index contributed by atoms with van der Waals surface area (Å²) in [5.74, 6) is -0.349. The first-order valence-corrected chi connectivity index (χ1v) is 11.5. The van der Waals surface area contributed by atoms with Crippen molar-refractivity contribution in [2.75, 3.05) is 7.05 Å². The van der Waals surface area contributed by atoms with Crippen molar-refractivity contribution in [3.63, 3.8) is 0 Å². The van der Waals surface area contributed by atoms with Crippen molar-refractivity contribution in [1.29, 1.82) is 0 Å². The van der Waals surface area contributed by atoms with Gasteiger partial charge in [0, 0.05) is 40.5 Å². The lowest BCUT2D eigenvalue weighted by Gasteiger charge is -2.24. The lowest BCUT2D eigenvalue weighted by Crippen LogP contribution is -2.34. The maximum absolute atomic E-state index is 14.8. The Hall–Kier alpha value is -3.55. The van der Waals surface area contributed by atoms with Crippen molar-refractivity contribution in [2.45, 2.75) is 12.5 Å². The fraction of sp³-hybridized carbons (Fsp3) is 0.115. The van der Waals surface area contributed by atoms with Gasteiger partial charge in [-0.3, -0.25) is 4.79 Å². The maximum Gasteiger partial charge on any atom is 0.258 e. The number of thiocarbonyl (C=S) groups is 1. The van der Waals surface area contributed by atoms with Crippen LogP contribution in [0, 0.1) is 5.82 Å². The molecule has 1 aliphatic rings. The third-order valence-electron chi connectivity index (χ3n) is 5.94. The second-order valence-electron chi connectivity index (χ2n) is 7.94. The zero-order valence-electron chi connectivity index (χ0n) is 18.2. The van der Waals surface area contributed by atoms with E-state index >= 15 is 0 Å². The summed E-state index contributed by atoms with van der Waals surface area (Å²) >= 11 is 11.6. The lowest BCUT2D eigenvalue weighted by atomic mass is 9.91. The molecule has 2 heterocycles. The van der Waals surface area contributed by atoms with Crippen LogP contribution >= 0.6 is 23.8 Å². The molecule has 0 spiro atoms. The van der Waals surface area contributed by atoms with Crippen LogP contribution in [-0.2, 0) is 0 Å². The fourth-order valence-corrected chi connectivity index (χ4v) is 4.68. The van der Waals surface area contributed by atoms with Crippen molar-refractivity contribution in [3.05, 3.63) is 105 Å². The first-order valence-electron chi connectivity index (χ1n) is 10.7. The van der Waals surface area contributed by atoms with Gasteiger partial charge in [0.2, 0.25) is 0 Å². The Bertz CT molecular complexity index is 1500. The SMILES string of the molecule is CNC(=S)N1N=C(c2c(-c3ccc(Cl)cc3)c3ccccc3[nH]c2=O)C[C@H]1c1ccccc1F. The molecule has 170 valence electrons. The molecule has 3 aromatic carbocycles. The van der Waals surface area contributed by atoms with Crippen LogP contribution in [0.2, 0.25) is 5.02 Å². The van der Waals surface area contributed by atoms with Gasteiger partial charge in [-0.05, 0) is 42.0 Å². The first kappa shape index (κ1) is 22.3. The zero-order chi connectivity index (χ0) is 23.8. The number of aromatic nitrogens is 1. The molecule has 0 aliphatic carbocycles. The molecule has 5 rings (SSSR count). The Kier molecular flexibility index (Phi) is 5.89. The summed E-state index contributed by atoms with van der Waals surface area (Å²) in [5, 5.41) is 11.0. The number of hydrogen-bond acceptors (Lipinski definition) is 3. The molecule has 2 N–H and O–H groups in total. The summed E-state index contributed by atoms with van der Waals surface area (Å²) < 4.78 is 14.8. The minimum atomic E-state index is -0.486. The molecule has 1 aromatic heterocycles. The smallest absolute Gasteiger partial charge is 0.258 e. The number of rotatable bonds is 3. The van der Waals surface area contributed by atoms with Crippen molar-refractivity contribution in [3.8, 4) is 11.1 Å². The van der Waals surface area contributed by atoms with E-state index in [1.165, 1.54) is 6.07 Å². The second kappa shape index (κ2) is 9.00. The van der Waals surface area contributed by atoms with Gasteiger partial charge in [-0.1, -0.05) is 60.1 Å². The number of aromatic amines is 1. The molecule has 0 saturated heterocycles. The van der Waals surface area contributed by atoms with Gasteiger partial charge < -0.3 is 10.3 Å². The first-order chi connectivity index (χ1) is 16.5. The molecule has 0 saturated carbocycles. The Morgan fingerprint density at radius 3 is 2.53 bits per heavy atom. The predicted molar refractivity (Wildman–Crippen MR) is 139 cm³/mol. The van der Waals surface area contributed by atoms with Crippen LogP contribution in [0.3, 0.4) is 0 Å². The standard InChI is InChI=1S/C26H20ClFN4OS/c1-29-26(34)32-22(17-6-2-4-8-19(17)28)14-21(31-32)24-23(15-10-12-16(27)13-11-15)18-7-3-5-9-20(18)30-25(24)33/h2-13,22H,14H2,1H3,(H,29,34)(H,30,33)/t22-/m0/s1. The number of nitrogens with one attached hydrogen (secondary N) is 2. The number of benzene rings is 3. The number of pyridine rings is 1. The monoisotopic (exact) mass is 490 g/mol. The number of halogens is 2. The van der Waals surface area contributed by atoms with Gasteiger partial charge in [0.15, 0.2) is 5.11 Å². The minimum Gasteiger partial charge on any atom is -0.364 e. The fourth-order valence-electron chi connectivity index (χ4n) is 4.39. The van der Waals surface area contributed by atoms with E-state index in [9.17, 15) is 9.18 Å². The van der Waals surface area contributed by atoms with E-state index in [1.54, 1.807) is 42.4 Å². The molecular weight excluding hydrogens is 471 g/mol. The molecule has 0 unspecified atom stereocenters. The van der Waals surface area contributed by atoms with Crippen LogP contribution in [0.15, 0.2) is 82.7 Å². The molecule has 5 nitrogen and oxygen atoms in total. The normalized spacial score (nSPS) is 15.4. The molecule has 1 aliphatic heterocycles. The van der Waals surface area contributed by atoms with E-state index < -0.39 is 6.04 Å². The van der Waals surface area contributed by atoms with Crippen LogP contribution in [0.5, 0.6) is 0 Å². The average Bonchev–Trinajstić information content (AvgIpc) is 3.28. The van der Waals surface area contributed by atoms with Gasteiger partial charge in [0.05, 0.1) is 17.3 Å². The van der Waals surface area contributed by atoms with Gasteiger partial charge in [-0.2, -0.15) is 5.10 Å². The van der Waals surface area contributed by atoms with E-state index in [0.29, 0.717) is 38.9 Å².